The second kappa shape index (κ2) is 3.74. The van der Waals surface area contributed by atoms with Crippen molar-refractivity contribution in [1.29, 1.82) is 0 Å². The summed E-state index contributed by atoms with van der Waals surface area (Å²) in [6.07, 6.45) is 0. The summed E-state index contributed by atoms with van der Waals surface area (Å²) in [6.45, 7) is 0.0490. The van der Waals surface area contributed by atoms with E-state index in [4.69, 9.17) is 5.11 Å². The van der Waals surface area contributed by atoms with E-state index in [-0.39, 0.29) is 6.61 Å². The molecule has 72 valence electrons. The van der Waals surface area contributed by atoms with Crippen LogP contribution in [0.3, 0.4) is 0 Å². The van der Waals surface area contributed by atoms with Crippen LogP contribution < -0.4 is 0 Å². The Kier molecular flexibility index (Phi) is 2.60. The maximum absolute atomic E-state index is 9.49. The van der Waals surface area contributed by atoms with Gasteiger partial charge in [-0.25, -0.2) is 0 Å². The number of rotatable bonds is 1. The Labute approximate surface area is 95.3 Å². The van der Waals surface area contributed by atoms with Crippen LogP contribution in [-0.2, 0) is 6.61 Å². The van der Waals surface area contributed by atoms with Gasteiger partial charge in [0.15, 0.2) is 0 Å². The molecule has 2 nitrogen and oxygen atoms in total. The third-order valence-electron chi connectivity index (χ3n) is 2.18. The average molecular weight is 300 g/mol. The molecule has 2 N–H and O–H groups in total. The molecule has 0 atom stereocenters. The molecule has 0 aromatic heterocycles. The number of hydrogen-bond acceptors (Lipinski definition) is 2. The minimum Gasteiger partial charge on any atom is -0.507 e. The number of benzene rings is 2. The Morgan fingerprint density at radius 1 is 1.14 bits per heavy atom. The molecule has 0 spiro atoms. The Bertz CT molecular complexity index is 480. The van der Waals surface area contributed by atoms with Gasteiger partial charge in [-0.1, -0.05) is 18.2 Å². The van der Waals surface area contributed by atoms with Crippen LogP contribution in [0.4, 0.5) is 0 Å². The highest BCUT2D eigenvalue weighted by atomic mass is 127. The fraction of sp³-hybridized carbons (Fsp3) is 0.0909. The fourth-order valence-corrected chi connectivity index (χ4v) is 2.10. The lowest BCUT2D eigenvalue weighted by molar-refractivity contribution is 0.282. The minimum atomic E-state index is 0.0490. The fourth-order valence-electron chi connectivity index (χ4n) is 1.43. The predicted molar refractivity (Wildman–Crippen MR) is 64.3 cm³/mol. The quantitative estimate of drug-likeness (QED) is 0.795. The van der Waals surface area contributed by atoms with E-state index in [1.165, 1.54) is 0 Å². The summed E-state index contributed by atoms with van der Waals surface area (Å²) in [6, 6.07) is 9.24. The van der Waals surface area contributed by atoms with Crippen LogP contribution in [0.5, 0.6) is 5.75 Å². The van der Waals surface area contributed by atoms with Crippen LogP contribution in [0, 0.1) is 3.57 Å². The number of phenols is 1. The first-order valence-corrected chi connectivity index (χ1v) is 5.31. The van der Waals surface area contributed by atoms with Gasteiger partial charge in [0.2, 0.25) is 0 Å². The van der Waals surface area contributed by atoms with Crippen molar-refractivity contribution in [2.24, 2.45) is 0 Å². The molecule has 0 heterocycles. The van der Waals surface area contributed by atoms with Crippen LogP contribution in [0.1, 0.15) is 5.56 Å². The first-order valence-electron chi connectivity index (χ1n) is 4.23. The van der Waals surface area contributed by atoms with Crippen molar-refractivity contribution in [2.75, 3.05) is 0 Å². The van der Waals surface area contributed by atoms with Gasteiger partial charge in [-0.2, -0.15) is 0 Å². The highest BCUT2D eigenvalue weighted by Gasteiger charge is 2.03. The summed E-state index contributed by atoms with van der Waals surface area (Å²) in [5.41, 5.74) is 0.888. The Balaban J connectivity index is 2.74. The van der Waals surface area contributed by atoms with Crippen molar-refractivity contribution in [1.82, 2.24) is 0 Å². The van der Waals surface area contributed by atoms with E-state index in [0.717, 1.165) is 19.9 Å². The number of phenolic OH excluding ortho intramolecular Hbond substituents is 1. The zero-order chi connectivity index (χ0) is 10.1. The van der Waals surface area contributed by atoms with Crippen molar-refractivity contribution in [3.8, 4) is 5.75 Å². The maximum atomic E-state index is 9.49. The van der Waals surface area contributed by atoms with Crippen LogP contribution >= 0.6 is 22.6 Å². The number of aliphatic hydroxyl groups is 1. The molecule has 14 heavy (non-hydrogen) atoms. The van der Waals surface area contributed by atoms with Gasteiger partial charge >= 0.3 is 0 Å². The maximum Gasteiger partial charge on any atom is 0.129 e. The van der Waals surface area contributed by atoms with Crippen LogP contribution in [0.15, 0.2) is 30.3 Å². The zero-order valence-corrected chi connectivity index (χ0v) is 9.52. The van der Waals surface area contributed by atoms with Gasteiger partial charge < -0.3 is 10.2 Å². The van der Waals surface area contributed by atoms with Crippen molar-refractivity contribution in [3.63, 3.8) is 0 Å². The molecule has 3 heteroatoms. The smallest absolute Gasteiger partial charge is 0.129 e. The van der Waals surface area contributed by atoms with E-state index < -0.39 is 0 Å². The third kappa shape index (κ3) is 1.57. The molecule has 2 rings (SSSR count). The van der Waals surface area contributed by atoms with Crippen molar-refractivity contribution in [3.05, 3.63) is 39.5 Å². The number of halogens is 1. The Morgan fingerprint density at radius 2 is 1.93 bits per heavy atom. The van der Waals surface area contributed by atoms with Gasteiger partial charge in [0.25, 0.3) is 0 Å². The van der Waals surface area contributed by atoms with E-state index in [0.29, 0.717) is 5.75 Å². The van der Waals surface area contributed by atoms with Gasteiger partial charge in [-0.3, -0.25) is 0 Å². The normalized spacial score (nSPS) is 10.7. The highest BCUT2D eigenvalue weighted by molar-refractivity contribution is 14.1. The van der Waals surface area contributed by atoms with Gasteiger partial charge in [0.05, 0.1) is 10.2 Å². The van der Waals surface area contributed by atoms with Crippen LogP contribution in [0.2, 0.25) is 0 Å². The van der Waals surface area contributed by atoms with Crippen molar-refractivity contribution >= 4 is 33.4 Å². The molecule has 2 aromatic carbocycles. The van der Waals surface area contributed by atoms with E-state index in [9.17, 15) is 5.11 Å². The van der Waals surface area contributed by atoms with Gasteiger partial charge in [0.1, 0.15) is 5.75 Å². The highest BCUT2D eigenvalue weighted by Crippen LogP contribution is 2.28. The summed E-state index contributed by atoms with van der Waals surface area (Å²) in [5, 5.41) is 20.5. The van der Waals surface area contributed by atoms with Gasteiger partial charge in [0, 0.05) is 0 Å². The van der Waals surface area contributed by atoms with E-state index in [1.807, 2.05) is 24.3 Å². The van der Waals surface area contributed by atoms with Crippen LogP contribution in [-0.4, -0.2) is 10.2 Å². The van der Waals surface area contributed by atoms with E-state index in [2.05, 4.69) is 22.6 Å². The molecule has 0 aliphatic carbocycles. The zero-order valence-electron chi connectivity index (χ0n) is 7.37. The number of fused-ring (bicyclic) bond motifs is 1. The Hall–Kier alpha value is -0.810. The summed E-state index contributed by atoms with van der Waals surface area (Å²) in [7, 11) is 0. The molecule has 0 unspecified atom stereocenters. The third-order valence-corrected chi connectivity index (χ3v) is 3.31. The summed E-state index contributed by atoms with van der Waals surface area (Å²) in [5.74, 6) is 0.301. The van der Waals surface area contributed by atoms with Gasteiger partial charge in [-0.05, 0) is 51.1 Å². The van der Waals surface area contributed by atoms with E-state index >= 15 is 0 Å². The second-order valence-electron chi connectivity index (χ2n) is 3.11. The number of hydrogen-bond donors (Lipinski definition) is 2. The van der Waals surface area contributed by atoms with E-state index in [1.54, 1.807) is 6.07 Å². The molecule has 0 saturated heterocycles. The summed E-state index contributed by atoms with van der Waals surface area (Å²) in [4.78, 5) is 0. The first kappa shape index (κ1) is 9.73. The first-order chi connectivity index (χ1) is 6.72. The lowest BCUT2D eigenvalue weighted by Crippen LogP contribution is -1.84. The monoisotopic (exact) mass is 300 g/mol. The number of aliphatic hydroxyl groups excluding tert-OH is 1. The van der Waals surface area contributed by atoms with Crippen LogP contribution in [0.25, 0.3) is 10.8 Å². The standard InChI is InChI=1S/C11H9IO2/c12-11-9-3-1-7(6-13)5-8(9)2-4-10(11)14/h1-5,13-14H,6H2. The molecular weight excluding hydrogens is 291 g/mol. The molecular formula is C11H9IO2. The topological polar surface area (TPSA) is 40.5 Å². The molecule has 0 aliphatic heterocycles. The van der Waals surface area contributed by atoms with Crippen molar-refractivity contribution in [2.45, 2.75) is 6.61 Å². The molecule has 0 amide bonds. The molecule has 0 radical (unpaired) electrons. The molecule has 0 fully saturated rings. The molecule has 0 bridgehead atoms. The number of aromatic hydroxyl groups is 1. The SMILES string of the molecule is OCc1ccc2c(I)c(O)ccc2c1. The molecule has 2 aromatic rings. The second-order valence-corrected chi connectivity index (χ2v) is 4.19. The largest absolute Gasteiger partial charge is 0.507 e. The average Bonchev–Trinajstić information content (AvgIpc) is 2.23. The molecule has 0 aliphatic rings. The predicted octanol–water partition coefficient (Wildman–Crippen LogP) is 2.64. The minimum absolute atomic E-state index is 0.0490. The molecule has 0 saturated carbocycles. The van der Waals surface area contributed by atoms with Gasteiger partial charge in [-0.15, -0.1) is 0 Å². The lowest BCUT2D eigenvalue weighted by Gasteiger charge is -2.04. The Morgan fingerprint density at radius 3 is 2.64 bits per heavy atom. The summed E-state index contributed by atoms with van der Waals surface area (Å²) < 4.78 is 0.851. The lowest BCUT2D eigenvalue weighted by atomic mass is 10.1. The van der Waals surface area contributed by atoms with Crippen molar-refractivity contribution < 1.29 is 10.2 Å². The summed E-state index contributed by atoms with van der Waals surface area (Å²) >= 11 is 2.11.